The van der Waals surface area contributed by atoms with Crippen molar-refractivity contribution in [2.45, 2.75) is 45.1 Å². The Kier molecular flexibility index (Phi) is 5.41. The number of carbonyl (C=O) groups excluding carboxylic acids is 1. The molecule has 0 radical (unpaired) electrons. The van der Waals surface area contributed by atoms with Crippen molar-refractivity contribution < 1.29 is 4.79 Å². The molecule has 3 heteroatoms. The molecular weight excluding hydrogens is 284 g/mol. The van der Waals surface area contributed by atoms with Crippen LogP contribution < -0.4 is 0 Å². The summed E-state index contributed by atoms with van der Waals surface area (Å²) < 4.78 is 0. The number of pyridine rings is 1. The highest BCUT2D eigenvalue weighted by Gasteiger charge is 2.18. The zero-order valence-electron chi connectivity index (χ0n) is 13.6. The minimum Gasteiger partial charge on any atom is -0.338 e. The average Bonchev–Trinajstić information content (AvgIpc) is 2.82. The molecule has 1 aromatic heterocycles. The van der Waals surface area contributed by atoms with Gasteiger partial charge < -0.3 is 4.90 Å². The number of fused-ring (bicyclic) bond motifs is 1. The zero-order valence-corrected chi connectivity index (χ0v) is 13.6. The second-order valence-corrected chi connectivity index (χ2v) is 6.26. The summed E-state index contributed by atoms with van der Waals surface area (Å²) in [5.41, 5.74) is 3.97. The fraction of sp³-hybridized carbons (Fsp3) is 0.400. The fourth-order valence-electron chi connectivity index (χ4n) is 3.22. The van der Waals surface area contributed by atoms with Crippen molar-refractivity contribution in [1.82, 2.24) is 9.88 Å². The van der Waals surface area contributed by atoms with E-state index in [0.29, 0.717) is 12.3 Å². The monoisotopic (exact) mass is 308 g/mol. The van der Waals surface area contributed by atoms with Gasteiger partial charge in [0.2, 0.25) is 5.91 Å². The molecule has 0 unspecified atom stereocenters. The van der Waals surface area contributed by atoms with E-state index < -0.39 is 0 Å². The summed E-state index contributed by atoms with van der Waals surface area (Å²) >= 11 is 0. The van der Waals surface area contributed by atoms with E-state index in [9.17, 15) is 4.79 Å². The lowest BCUT2D eigenvalue weighted by atomic mass is 10.0. The highest BCUT2D eigenvalue weighted by molar-refractivity contribution is 5.76. The van der Waals surface area contributed by atoms with Crippen molar-refractivity contribution in [3.63, 3.8) is 0 Å². The van der Waals surface area contributed by atoms with Crippen LogP contribution in [0, 0.1) is 0 Å². The summed E-state index contributed by atoms with van der Waals surface area (Å²) in [6, 6.07) is 12.6. The topological polar surface area (TPSA) is 33.2 Å². The van der Waals surface area contributed by atoms with Crippen LogP contribution in [0.1, 0.15) is 42.4 Å². The third kappa shape index (κ3) is 4.41. The molecule has 0 aliphatic carbocycles. The van der Waals surface area contributed by atoms with Gasteiger partial charge in [0.05, 0.1) is 0 Å². The lowest BCUT2D eigenvalue weighted by Gasteiger charge is -2.21. The second kappa shape index (κ2) is 7.91. The standard InChI is InChI=1S/C20H24N2O/c23-20(12-4-1-7-17-8-5-13-21-15-17)22-14-6-11-18-9-2-3-10-19(18)16-22/h2-3,5,8-10,13,15H,1,4,6-7,11-12,14,16H2. The van der Waals surface area contributed by atoms with Crippen LogP contribution in [0.5, 0.6) is 0 Å². The Hall–Kier alpha value is -2.16. The molecule has 0 bridgehead atoms. The molecule has 1 aromatic carbocycles. The molecule has 1 aliphatic rings. The van der Waals surface area contributed by atoms with Gasteiger partial charge in [-0.15, -0.1) is 0 Å². The lowest BCUT2D eigenvalue weighted by molar-refractivity contribution is -0.131. The Labute approximate surface area is 138 Å². The molecule has 0 saturated heterocycles. The molecule has 0 N–H and O–H groups in total. The number of hydrogen-bond donors (Lipinski definition) is 0. The van der Waals surface area contributed by atoms with Crippen LogP contribution >= 0.6 is 0 Å². The van der Waals surface area contributed by atoms with Crippen molar-refractivity contribution >= 4 is 5.91 Å². The lowest BCUT2D eigenvalue weighted by Crippen LogP contribution is -2.30. The highest BCUT2D eigenvalue weighted by Crippen LogP contribution is 2.19. The molecule has 0 fully saturated rings. The summed E-state index contributed by atoms with van der Waals surface area (Å²) in [5.74, 6) is 0.299. The van der Waals surface area contributed by atoms with Gasteiger partial charge in [0, 0.05) is 31.9 Å². The molecule has 2 heterocycles. The van der Waals surface area contributed by atoms with Crippen LogP contribution in [0.25, 0.3) is 0 Å². The van der Waals surface area contributed by atoms with E-state index in [1.807, 2.05) is 17.2 Å². The number of carbonyl (C=O) groups is 1. The molecule has 2 aromatic rings. The summed E-state index contributed by atoms with van der Waals surface area (Å²) in [5, 5.41) is 0. The van der Waals surface area contributed by atoms with Crippen molar-refractivity contribution in [3.05, 3.63) is 65.5 Å². The Morgan fingerprint density at radius 1 is 1.09 bits per heavy atom. The predicted molar refractivity (Wildman–Crippen MR) is 92.0 cm³/mol. The molecule has 3 nitrogen and oxygen atoms in total. The maximum Gasteiger partial charge on any atom is 0.222 e. The van der Waals surface area contributed by atoms with Gasteiger partial charge in [-0.25, -0.2) is 0 Å². The number of aromatic nitrogens is 1. The first-order valence-corrected chi connectivity index (χ1v) is 8.56. The molecule has 0 saturated carbocycles. The molecule has 0 atom stereocenters. The van der Waals surface area contributed by atoms with E-state index >= 15 is 0 Å². The second-order valence-electron chi connectivity index (χ2n) is 6.26. The van der Waals surface area contributed by atoms with Gasteiger partial charge in [-0.2, -0.15) is 0 Å². The Balaban J connectivity index is 1.47. The minimum atomic E-state index is 0.299. The normalized spacial score (nSPS) is 14.2. The van der Waals surface area contributed by atoms with Gasteiger partial charge in [0.25, 0.3) is 0 Å². The first-order valence-electron chi connectivity index (χ1n) is 8.56. The number of amides is 1. The van der Waals surface area contributed by atoms with Crippen LogP contribution in [0.15, 0.2) is 48.8 Å². The number of hydrogen-bond acceptors (Lipinski definition) is 2. The van der Waals surface area contributed by atoms with Crippen LogP contribution in [-0.4, -0.2) is 22.3 Å². The highest BCUT2D eigenvalue weighted by atomic mass is 16.2. The minimum absolute atomic E-state index is 0.299. The zero-order chi connectivity index (χ0) is 15.9. The molecule has 23 heavy (non-hydrogen) atoms. The first-order chi connectivity index (χ1) is 11.3. The number of unbranched alkanes of at least 4 members (excludes halogenated alkanes) is 1. The summed E-state index contributed by atoms with van der Waals surface area (Å²) in [7, 11) is 0. The van der Waals surface area contributed by atoms with Crippen LogP contribution in [0.3, 0.4) is 0 Å². The van der Waals surface area contributed by atoms with Gasteiger partial charge in [0.15, 0.2) is 0 Å². The third-order valence-electron chi connectivity index (χ3n) is 4.54. The van der Waals surface area contributed by atoms with Crippen molar-refractivity contribution in [1.29, 1.82) is 0 Å². The maximum absolute atomic E-state index is 12.5. The largest absolute Gasteiger partial charge is 0.338 e. The molecule has 1 aliphatic heterocycles. The summed E-state index contributed by atoms with van der Waals surface area (Å²) in [4.78, 5) is 18.7. The Morgan fingerprint density at radius 2 is 1.96 bits per heavy atom. The quantitative estimate of drug-likeness (QED) is 0.788. The fourth-order valence-corrected chi connectivity index (χ4v) is 3.22. The SMILES string of the molecule is O=C(CCCCc1cccnc1)N1CCCc2ccccc2C1. The van der Waals surface area contributed by atoms with Crippen molar-refractivity contribution in [2.75, 3.05) is 6.54 Å². The van der Waals surface area contributed by atoms with Crippen molar-refractivity contribution in [3.8, 4) is 0 Å². The number of rotatable bonds is 5. The van der Waals surface area contributed by atoms with E-state index in [0.717, 1.165) is 45.2 Å². The van der Waals surface area contributed by atoms with Crippen LogP contribution in [-0.2, 0) is 24.2 Å². The number of benzene rings is 1. The molecule has 1 amide bonds. The Bertz CT molecular complexity index is 639. The van der Waals surface area contributed by atoms with E-state index in [-0.39, 0.29) is 0 Å². The van der Waals surface area contributed by atoms with Gasteiger partial charge >= 0.3 is 0 Å². The molecular formula is C20H24N2O. The molecule has 3 rings (SSSR count). The summed E-state index contributed by atoms with van der Waals surface area (Å²) in [6.45, 7) is 1.66. The van der Waals surface area contributed by atoms with Gasteiger partial charge in [0.1, 0.15) is 0 Å². The van der Waals surface area contributed by atoms with Gasteiger partial charge in [-0.05, 0) is 54.9 Å². The van der Waals surface area contributed by atoms with Crippen molar-refractivity contribution in [2.24, 2.45) is 0 Å². The third-order valence-corrected chi connectivity index (χ3v) is 4.54. The number of nitrogens with zero attached hydrogens (tertiary/aromatic N) is 2. The summed E-state index contributed by atoms with van der Waals surface area (Å²) in [6.07, 6.45) is 9.51. The Morgan fingerprint density at radius 3 is 2.78 bits per heavy atom. The number of aryl methyl sites for hydroxylation is 2. The van der Waals surface area contributed by atoms with E-state index in [1.54, 1.807) is 6.20 Å². The first kappa shape index (κ1) is 15.7. The predicted octanol–water partition coefficient (Wildman–Crippen LogP) is 3.77. The smallest absolute Gasteiger partial charge is 0.222 e. The van der Waals surface area contributed by atoms with E-state index in [1.165, 1.54) is 16.7 Å². The molecule has 0 spiro atoms. The van der Waals surface area contributed by atoms with E-state index in [2.05, 4.69) is 35.3 Å². The average molecular weight is 308 g/mol. The van der Waals surface area contributed by atoms with Gasteiger partial charge in [-0.3, -0.25) is 9.78 Å². The molecule has 120 valence electrons. The maximum atomic E-state index is 12.5. The van der Waals surface area contributed by atoms with Crippen LogP contribution in [0.4, 0.5) is 0 Å². The van der Waals surface area contributed by atoms with Crippen LogP contribution in [0.2, 0.25) is 0 Å². The van der Waals surface area contributed by atoms with E-state index in [4.69, 9.17) is 0 Å². The van der Waals surface area contributed by atoms with Gasteiger partial charge in [-0.1, -0.05) is 30.3 Å².